The Morgan fingerprint density at radius 3 is 2.03 bits per heavy atom. The van der Waals surface area contributed by atoms with E-state index in [1.54, 1.807) is 11.0 Å². The predicted octanol–water partition coefficient (Wildman–Crippen LogP) is 6.14. The molecule has 1 heterocycles. The number of halogens is 7. The van der Waals surface area contributed by atoms with Crippen LogP contribution >= 0.6 is 11.6 Å². The van der Waals surface area contributed by atoms with E-state index >= 15 is 0 Å². The van der Waals surface area contributed by atoms with E-state index in [0.29, 0.717) is 31.2 Å². The monoisotopic (exact) mass is 490 g/mol. The second-order valence-corrected chi connectivity index (χ2v) is 8.97. The minimum absolute atomic E-state index is 0.0938. The molecule has 10 heteroatoms. The van der Waals surface area contributed by atoms with Crippen LogP contribution < -0.4 is 4.90 Å². The molecule has 2 aliphatic rings. The normalized spacial score (nSPS) is 21.3. The SMILES string of the molecule is Cc1ccc(Cl)cc1N1CCN(C(=O)[C@H]2CC2c2cc(C(F)(F)F)cc(C(F)(F)F)c2)CC1. The summed E-state index contributed by atoms with van der Waals surface area (Å²) in [6.07, 6.45) is -9.57. The van der Waals surface area contributed by atoms with Gasteiger partial charge in [-0.05, 0) is 60.7 Å². The van der Waals surface area contributed by atoms with Crippen molar-refractivity contribution >= 4 is 23.2 Å². The van der Waals surface area contributed by atoms with Gasteiger partial charge in [0.1, 0.15) is 0 Å². The summed E-state index contributed by atoms with van der Waals surface area (Å²) in [4.78, 5) is 16.7. The highest BCUT2D eigenvalue weighted by Crippen LogP contribution is 2.50. The Labute approximate surface area is 191 Å². The molecule has 1 aliphatic heterocycles. The van der Waals surface area contributed by atoms with Crippen molar-refractivity contribution in [2.45, 2.75) is 31.6 Å². The fraction of sp³-hybridized carbons (Fsp3) is 0.435. The lowest BCUT2D eigenvalue weighted by molar-refractivity contribution is -0.143. The van der Waals surface area contributed by atoms with E-state index in [0.717, 1.165) is 23.4 Å². The molecule has 1 unspecified atom stereocenters. The zero-order chi connectivity index (χ0) is 24.1. The maximum atomic E-state index is 13.1. The average molecular weight is 491 g/mol. The summed E-state index contributed by atoms with van der Waals surface area (Å²) in [6, 6.07) is 7.14. The van der Waals surface area contributed by atoms with Crippen molar-refractivity contribution in [3.05, 3.63) is 63.7 Å². The van der Waals surface area contributed by atoms with Gasteiger partial charge < -0.3 is 9.80 Å². The lowest BCUT2D eigenvalue weighted by Gasteiger charge is -2.37. The summed E-state index contributed by atoms with van der Waals surface area (Å²) in [5, 5.41) is 0.606. The van der Waals surface area contributed by atoms with Gasteiger partial charge in [0.05, 0.1) is 11.1 Å². The zero-order valence-electron chi connectivity index (χ0n) is 17.6. The van der Waals surface area contributed by atoms with E-state index < -0.39 is 35.3 Å². The summed E-state index contributed by atoms with van der Waals surface area (Å²) < 4.78 is 78.8. The predicted molar refractivity (Wildman–Crippen MR) is 112 cm³/mol. The van der Waals surface area contributed by atoms with Crippen molar-refractivity contribution in [3.8, 4) is 0 Å². The van der Waals surface area contributed by atoms with Gasteiger partial charge in [0.25, 0.3) is 0 Å². The molecule has 1 saturated carbocycles. The smallest absolute Gasteiger partial charge is 0.368 e. The molecular weight excluding hydrogens is 470 g/mol. The van der Waals surface area contributed by atoms with E-state index in [-0.39, 0.29) is 24.0 Å². The number of hydrogen-bond donors (Lipinski definition) is 0. The average Bonchev–Trinajstić information content (AvgIpc) is 3.54. The Kier molecular flexibility index (Phi) is 6.05. The van der Waals surface area contributed by atoms with Gasteiger partial charge in [0.2, 0.25) is 5.91 Å². The minimum Gasteiger partial charge on any atom is -0.368 e. The fourth-order valence-electron chi connectivity index (χ4n) is 4.35. The van der Waals surface area contributed by atoms with Gasteiger partial charge in [-0.25, -0.2) is 0 Å². The van der Waals surface area contributed by atoms with Crippen molar-refractivity contribution in [3.63, 3.8) is 0 Å². The first-order valence-electron chi connectivity index (χ1n) is 10.4. The number of carbonyl (C=O) groups excluding carboxylic acids is 1. The highest BCUT2D eigenvalue weighted by molar-refractivity contribution is 6.30. The number of anilines is 1. The number of alkyl halides is 6. The molecule has 2 aromatic rings. The van der Waals surface area contributed by atoms with E-state index in [1.807, 2.05) is 19.1 Å². The lowest BCUT2D eigenvalue weighted by Crippen LogP contribution is -2.49. The third-order valence-electron chi connectivity index (χ3n) is 6.25. The number of piperazine rings is 1. The standard InChI is InChI=1S/C23H21ClF6N2O/c1-13-2-3-17(24)11-20(13)31-4-6-32(7-5-31)21(33)19-12-18(19)14-8-15(22(25,26)27)10-16(9-14)23(28,29)30/h2-3,8-11,18-19H,4-7,12H2,1H3/t18?,19-/m0/s1. The largest absolute Gasteiger partial charge is 0.416 e. The lowest BCUT2D eigenvalue weighted by atomic mass is 10.0. The summed E-state index contributed by atoms with van der Waals surface area (Å²) in [5.74, 6) is -1.48. The second-order valence-electron chi connectivity index (χ2n) is 8.53. The van der Waals surface area contributed by atoms with Crippen molar-refractivity contribution in [1.29, 1.82) is 0 Å². The zero-order valence-corrected chi connectivity index (χ0v) is 18.4. The van der Waals surface area contributed by atoms with Crippen molar-refractivity contribution in [1.82, 2.24) is 4.90 Å². The van der Waals surface area contributed by atoms with Crippen LogP contribution in [-0.2, 0) is 17.1 Å². The third kappa shape index (κ3) is 5.08. The molecule has 4 rings (SSSR count). The highest BCUT2D eigenvalue weighted by atomic mass is 35.5. The van der Waals surface area contributed by atoms with Crippen LogP contribution in [0.15, 0.2) is 36.4 Å². The Morgan fingerprint density at radius 2 is 1.48 bits per heavy atom. The summed E-state index contributed by atoms with van der Waals surface area (Å²) in [6.45, 7) is 3.93. The van der Waals surface area contributed by atoms with Crippen LogP contribution in [0, 0.1) is 12.8 Å². The van der Waals surface area contributed by atoms with Crippen molar-refractivity contribution < 1.29 is 31.1 Å². The molecule has 33 heavy (non-hydrogen) atoms. The van der Waals surface area contributed by atoms with Gasteiger partial charge in [-0.1, -0.05) is 17.7 Å². The summed E-state index contributed by atoms with van der Waals surface area (Å²) in [5.41, 5.74) is -0.774. The quantitative estimate of drug-likeness (QED) is 0.483. The molecule has 0 N–H and O–H groups in total. The van der Waals surface area contributed by atoms with Crippen LogP contribution in [0.4, 0.5) is 32.0 Å². The Hall–Kier alpha value is -2.42. The number of aryl methyl sites for hydroxylation is 1. The number of benzene rings is 2. The Bertz CT molecular complexity index is 1030. The van der Waals surface area contributed by atoms with Gasteiger partial charge in [-0.15, -0.1) is 0 Å². The fourth-order valence-corrected chi connectivity index (χ4v) is 4.52. The number of hydrogen-bond acceptors (Lipinski definition) is 2. The molecule has 0 spiro atoms. The first-order valence-corrected chi connectivity index (χ1v) is 10.8. The highest BCUT2D eigenvalue weighted by Gasteiger charge is 2.48. The molecule has 3 nitrogen and oxygen atoms in total. The van der Waals surface area contributed by atoms with Crippen LogP contribution in [0.2, 0.25) is 5.02 Å². The van der Waals surface area contributed by atoms with E-state index in [9.17, 15) is 31.1 Å². The summed E-state index contributed by atoms with van der Waals surface area (Å²) >= 11 is 6.09. The maximum absolute atomic E-state index is 13.1. The molecule has 178 valence electrons. The van der Waals surface area contributed by atoms with Gasteiger partial charge >= 0.3 is 12.4 Å². The molecule has 2 fully saturated rings. The second kappa shape index (κ2) is 8.42. The van der Waals surface area contributed by atoms with Crippen LogP contribution in [0.5, 0.6) is 0 Å². The maximum Gasteiger partial charge on any atom is 0.416 e. The molecule has 0 aromatic heterocycles. The molecule has 1 amide bonds. The van der Waals surface area contributed by atoms with Gasteiger partial charge in [-0.3, -0.25) is 4.79 Å². The first-order chi connectivity index (χ1) is 15.3. The van der Waals surface area contributed by atoms with E-state index in [1.165, 1.54) is 0 Å². The van der Waals surface area contributed by atoms with Crippen LogP contribution in [0.3, 0.4) is 0 Å². The van der Waals surface area contributed by atoms with Crippen LogP contribution in [0.1, 0.15) is 34.6 Å². The van der Waals surface area contributed by atoms with Crippen LogP contribution in [-0.4, -0.2) is 37.0 Å². The third-order valence-corrected chi connectivity index (χ3v) is 6.48. The van der Waals surface area contributed by atoms with Gasteiger partial charge in [0, 0.05) is 42.8 Å². The van der Waals surface area contributed by atoms with E-state index in [2.05, 4.69) is 4.90 Å². The molecule has 0 radical (unpaired) electrons. The number of carbonyl (C=O) groups is 1. The van der Waals surface area contributed by atoms with Crippen molar-refractivity contribution in [2.75, 3.05) is 31.1 Å². The molecular formula is C23H21ClF6N2O. The topological polar surface area (TPSA) is 23.6 Å². The number of nitrogens with zero attached hydrogens (tertiary/aromatic N) is 2. The number of amides is 1. The Balaban J connectivity index is 1.45. The van der Waals surface area contributed by atoms with Gasteiger partial charge in [-0.2, -0.15) is 26.3 Å². The Morgan fingerprint density at radius 1 is 0.909 bits per heavy atom. The molecule has 1 aliphatic carbocycles. The van der Waals surface area contributed by atoms with Crippen LogP contribution in [0.25, 0.3) is 0 Å². The summed E-state index contributed by atoms with van der Waals surface area (Å²) in [7, 11) is 0. The first kappa shape index (κ1) is 23.7. The van der Waals surface area contributed by atoms with Crippen molar-refractivity contribution in [2.24, 2.45) is 5.92 Å². The van der Waals surface area contributed by atoms with E-state index in [4.69, 9.17) is 11.6 Å². The number of rotatable bonds is 3. The molecule has 1 saturated heterocycles. The molecule has 2 atom stereocenters. The molecule has 0 bridgehead atoms. The minimum atomic E-state index is -4.90. The molecule has 2 aromatic carbocycles. The van der Waals surface area contributed by atoms with Gasteiger partial charge in [0.15, 0.2) is 0 Å².